The smallest absolute Gasteiger partial charge is 0.349 e. The van der Waals surface area contributed by atoms with Gasteiger partial charge < -0.3 is 14.6 Å². The molecule has 0 unspecified atom stereocenters. The van der Waals surface area contributed by atoms with E-state index in [4.69, 9.17) is 0 Å². The minimum Gasteiger partial charge on any atom is -0.466 e. The molecule has 1 aromatic rings. The highest BCUT2D eigenvalue weighted by Gasteiger charge is 2.46. The number of hydrogen-bond donors (Lipinski definition) is 1. The highest BCUT2D eigenvalue weighted by Crippen LogP contribution is 2.18. The maximum atomic E-state index is 11.5. The Balaban J connectivity index is 2.80. The molecule has 0 amide bonds. The number of carbonyl (C=O) groups excluding carboxylic acids is 2. The fourth-order valence-corrected chi connectivity index (χ4v) is 1.50. The summed E-state index contributed by atoms with van der Waals surface area (Å²) >= 11 is 0. The second kappa shape index (κ2) is 6.11. The van der Waals surface area contributed by atoms with Crippen LogP contribution in [0.15, 0.2) is 24.5 Å². The molecular weight excluding hydrogens is 238 g/mol. The van der Waals surface area contributed by atoms with E-state index in [0.717, 1.165) is 19.8 Å². The van der Waals surface area contributed by atoms with Crippen LogP contribution in [0.4, 0.5) is 0 Å². The van der Waals surface area contributed by atoms with Gasteiger partial charge in [-0.15, -0.1) is 0 Å². The van der Waals surface area contributed by atoms with Crippen molar-refractivity contribution in [1.82, 2.24) is 4.98 Å². The van der Waals surface area contributed by atoms with E-state index in [2.05, 4.69) is 14.5 Å². The van der Waals surface area contributed by atoms with Crippen LogP contribution < -0.4 is 0 Å². The number of ether oxygens (including phenoxy) is 2. The van der Waals surface area contributed by atoms with Gasteiger partial charge in [0.05, 0.1) is 14.2 Å². The lowest BCUT2D eigenvalue weighted by Gasteiger charge is -2.22. The van der Waals surface area contributed by atoms with Crippen molar-refractivity contribution in [2.45, 2.75) is 18.4 Å². The number of rotatable bonds is 5. The second-order valence-corrected chi connectivity index (χ2v) is 3.70. The SMILES string of the molecule is COC(=O)C(O)(CCc1ccncc1)C(=O)OC. The van der Waals surface area contributed by atoms with E-state index in [1.807, 2.05) is 0 Å². The van der Waals surface area contributed by atoms with Crippen LogP contribution in [0, 0.1) is 0 Å². The van der Waals surface area contributed by atoms with Gasteiger partial charge in [0.15, 0.2) is 0 Å². The fourth-order valence-electron chi connectivity index (χ4n) is 1.50. The average Bonchev–Trinajstić information content (AvgIpc) is 2.43. The molecule has 0 fully saturated rings. The number of aliphatic hydroxyl groups is 1. The summed E-state index contributed by atoms with van der Waals surface area (Å²) in [5, 5.41) is 10.0. The molecule has 0 spiro atoms. The molecule has 6 heteroatoms. The van der Waals surface area contributed by atoms with E-state index in [-0.39, 0.29) is 6.42 Å². The first-order chi connectivity index (χ1) is 8.54. The van der Waals surface area contributed by atoms with Gasteiger partial charge in [-0.25, -0.2) is 9.59 Å². The van der Waals surface area contributed by atoms with Crippen LogP contribution in [0.25, 0.3) is 0 Å². The number of carbonyl (C=O) groups is 2. The molecular formula is C12H15NO5. The quantitative estimate of drug-likeness (QED) is 0.591. The summed E-state index contributed by atoms with van der Waals surface area (Å²) in [6.07, 6.45) is 3.38. The number of aromatic nitrogens is 1. The Morgan fingerprint density at radius 2 is 1.72 bits per heavy atom. The Labute approximate surface area is 105 Å². The van der Waals surface area contributed by atoms with Crippen molar-refractivity contribution in [3.05, 3.63) is 30.1 Å². The maximum Gasteiger partial charge on any atom is 0.349 e. The van der Waals surface area contributed by atoms with Crippen molar-refractivity contribution in [3.63, 3.8) is 0 Å². The lowest BCUT2D eigenvalue weighted by Crippen LogP contribution is -2.48. The molecule has 1 heterocycles. The van der Waals surface area contributed by atoms with Crippen LogP contribution in [0.3, 0.4) is 0 Å². The molecule has 0 aliphatic carbocycles. The Hall–Kier alpha value is -1.95. The lowest BCUT2D eigenvalue weighted by molar-refractivity contribution is -0.181. The second-order valence-electron chi connectivity index (χ2n) is 3.70. The van der Waals surface area contributed by atoms with Gasteiger partial charge in [-0.3, -0.25) is 4.98 Å². The van der Waals surface area contributed by atoms with E-state index in [1.165, 1.54) is 0 Å². The topological polar surface area (TPSA) is 85.7 Å². The number of aryl methyl sites for hydroxylation is 1. The summed E-state index contributed by atoms with van der Waals surface area (Å²) in [7, 11) is 2.20. The van der Waals surface area contributed by atoms with Crippen LogP contribution in [0.5, 0.6) is 0 Å². The Kier molecular flexibility index (Phi) is 4.79. The monoisotopic (exact) mass is 253 g/mol. The van der Waals surface area contributed by atoms with Gasteiger partial charge in [-0.05, 0) is 24.1 Å². The summed E-state index contributed by atoms with van der Waals surface area (Å²) < 4.78 is 8.85. The molecule has 0 saturated heterocycles. The van der Waals surface area contributed by atoms with Gasteiger partial charge in [-0.2, -0.15) is 0 Å². The van der Waals surface area contributed by atoms with Gasteiger partial charge in [0.25, 0.3) is 5.60 Å². The molecule has 0 aliphatic rings. The maximum absolute atomic E-state index is 11.5. The third-order valence-electron chi connectivity index (χ3n) is 2.57. The molecule has 0 bridgehead atoms. The Bertz CT molecular complexity index is 402. The summed E-state index contributed by atoms with van der Waals surface area (Å²) in [6.45, 7) is 0. The third-order valence-corrected chi connectivity index (χ3v) is 2.57. The minimum atomic E-state index is -2.27. The van der Waals surface area contributed by atoms with Gasteiger partial charge in [0.1, 0.15) is 0 Å². The molecule has 0 aromatic carbocycles. The van der Waals surface area contributed by atoms with Crippen LogP contribution in [-0.2, 0) is 25.5 Å². The largest absolute Gasteiger partial charge is 0.466 e. The zero-order valence-corrected chi connectivity index (χ0v) is 10.3. The molecule has 1 aromatic heterocycles. The van der Waals surface area contributed by atoms with Gasteiger partial charge in [0.2, 0.25) is 0 Å². The minimum absolute atomic E-state index is 0.115. The van der Waals surface area contributed by atoms with Crippen molar-refractivity contribution in [3.8, 4) is 0 Å². The van der Waals surface area contributed by atoms with E-state index >= 15 is 0 Å². The van der Waals surface area contributed by atoms with Gasteiger partial charge in [0, 0.05) is 18.8 Å². The normalized spacial score (nSPS) is 10.8. The predicted molar refractivity (Wildman–Crippen MR) is 61.5 cm³/mol. The van der Waals surface area contributed by atoms with Gasteiger partial charge >= 0.3 is 11.9 Å². The number of methoxy groups -OCH3 is 2. The Morgan fingerprint density at radius 1 is 1.22 bits per heavy atom. The number of nitrogens with zero attached hydrogens (tertiary/aromatic N) is 1. The Morgan fingerprint density at radius 3 is 2.17 bits per heavy atom. The molecule has 0 atom stereocenters. The van der Waals surface area contributed by atoms with Crippen LogP contribution in [0.2, 0.25) is 0 Å². The number of pyridine rings is 1. The van der Waals surface area contributed by atoms with E-state index in [0.29, 0.717) is 6.42 Å². The molecule has 0 saturated carbocycles. The van der Waals surface area contributed by atoms with E-state index in [1.54, 1.807) is 24.5 Å². The first kappa shape index (κ1) is 14.1. The molecule has 6 nitrogen and oxygen atoms in total. The number of esters is 2. The summed E-state index contributed by atoms with van der Waals surface area (Å²) in [5.41, 5.74) is -1.43. The lowest BCUT2D eigenvalue weighted by atomic mass is 9.95. The van der Waals surface area contributed by atoms with Gasteiger partial charge in [-0.1, -0.05) is 0 Å². The summed E-state index contributed by atoms with van der Waals surface area (Å²) in [5.74, 6) is -2.05. The highest BCUT2D eigenvalue weighted by atomic mass is 16.6. The molecule has 0 radical (unpaired) electrons. The van der Waals surface area contributed by atoms with Crippen LogP contribution >= 0.6 is 0 Å². The van der Waals surface area contributed by atoms with Crippen molar-refractivity contribution < 1.29 is 24.2 Å². The zero-order chi connectivity index (χ0) is 13.6. The predicted octanol–water partition coefficient (Wildman–Crippen LogP) is 0.0913. The third kappa shape index (κ3) is 3.04. The van der Waals surface area contributed by atoms with Crippen molar-refractivity contribution in [2.75, 3.05) is 14.2 Å². The van der Waals surface area contributed by atoms with Crippen LogP contribution in [0.1, 0.15) is 12.0 Å². The van der Waals surface area contributed by atoms with Crippen molar-refractivity contribution in [1.29, 1.82) is 0 Å². The standard InChI is InChI=1S/C12H15NO5/c1-17-10(14)12(16,11(15)18-2)6-3-9-4-7-13-8-5-9/h4-5,7-8,16H,3,6H2,1-2H3. The van der Waals surface area contributed by atoms with Crippen molar-refractivity contribution >= 4 is 11.9 Å². The molecule has 1 N–H and O–H groups in total. The first-order valence-electron chi connectivity index (χ1n) is 5.32. The van der Waals surface area contributed by atoms with Crippen LogP contribution in [-0.4, -0.2) is 41.8 Å². The van der Waals surface area contributed by atoms with E-state index < -0.39 is 17.5 Å². The van der Waals surface area contributed by atoms with E-state index in [9.17, 15) is 14.7 Å². The first-order valence-corrected chi connectivity index (χ1v) is 5.32. The molecule has 98 valence electrons. The molecule has 0 aliphatic heterocycles. The molecule has 1 rings (SSSR count). The zero-order valence-electron chi connectivity index (χ0n) is 10.3. The fraction of sp³-hybridized carbons (Fsp3) is 0.417. The molecule has 18 heavy (non-hydrogen) atoms. The number of hydrogen-bond acceptors (Lipinski definition) is 6. The summed E-state index contributed by atoms with van der Waals surface area (Å²) in [6, 6.07) is 3.46. The summed E-state index contributed by atoms with van der Waals surface area (Å²) in [4.78, 5) is 26.8. The average molecular weight is 253 g/mol. The van der Waals surface area contributed by atoms with Crippen molar-refractivity contribution in [2.24, 2.45) is 0 Å². The highest BCUT2D eigenvalue weighted by molar-refractivity contribution is 6.03.